The van der Waals surface area contributed by atoms with E-state index in [1.54, 1.807) is 19.4 Å². The van der Waals surface area contributed by atoms with Gasteiger partial charge in [-0.25, -0.2) is 4.98 Å². The number of halogens is 2. The minimum atomic E-state index is -0.203. The van der Waals surface area contributed by atoms with Crippen molar-refractivity contribution in [2.75, 3.05) is 51.3 Å². The number of anilines is 1. The van der Waals surface area contributed by atoms with Crippen molar-refractivity contribution >= 4 is 34.9 Å². The SMILES string of the molecule is COc1cccc(CNC(=O)c2cnc(N3CCN(C4CCN(Cc5ccc(Cl)cc5)CC4)CC3)c(Cl)c2)c1. The van der Waals surface area contributed by atoms with Gasteiger partial charge in [-0.15, -0.1) is 0 Å². The lowest BCUT2D eigenvalue weighted by Crippen LogP contribution is -2.53. The van der Waals surface area contributed by atoms with Gasteiger partial charge in [0.05, 0.1) is 17.7 Å². The van der Waals surface area contributed by atoms with Crippen molar-refractivity contribution in [3.63, 3.8) is 0 Å². The minimum absolute atomic E-state index is 0.203. The van der Waals surface area contributed by atoms with Crippen molar-refractivity contribution in [3.8, 4) is 5.75 Å². The van der Waals surface area contributed by atoms with Gasteiger partial charge in [0, 0.05) is 56.5 Å². The van der Waals surface area contributed by atoms with Crippen LogP contribution in [-0.2, 0) is 13.1 Å². The fraction of sp³-hybridized carbons (Fsp3) is 0.400. The van der Waals surface area contributed by atoms with Gasteiger partial charge in [-0.1, -0.05) is 47.5 Å². The van der Waals surface area contributed by atoms with E-state index in [1.807, 2.05) is 36.4 Å². The molecule has 1 N–H and O–H groups in total. The summed E-state index contributed by atoms with van der Waals surface area (Å²) >= 11 is 12.6. The van der Waals surface area contributed by atoms with Crippen LogP contribution in [0.5, 0.6) is 5.75 Å². The zero-order valence-corrected chi connectivity index (χ0v) is 23.8. The lowest BCUT2D eigenvalue weighted by atomic mass is 10.0. The molecule has 2 aliphatic heterocycles. The van der Waals surface area contributed by atoms with Crippen LogP contribution in [0.1, 0.15) is 34.3 Å². The number of methoxy groups -OCH3 is 1. The molecule has 0 radical (unpaired) electrons. The number of amides is 1. The maximum Gasteiger partial charge on any atom is 0.253 e. The topological polar surface area (TPSA) is 60.9 Å². The molecule has 0 aliphatic carbocycles. The van der Waals surface area contributed by atoms with E-state index < -0.39 is 0 Å². The van der Waals surface area contributed by atoms with Crippen LogP contribution in [-0.4, -0.2) is 73.1 Å². The molecule has 2 aliphatic rings. The molecule has 2 saturated heterocycles. The molecular formula is C30H35Cl2N5O2. The predicted octanol–water partition coefficient (Wildman–Crippen LogP) is 5.11. The van der Waals surface area contributed by atoms with Gasteiger partial charge in [0.2, 0.25) is 0 Å². The van der Waals surface area contributed by atoms with Crippen molar-refractivity contribution in [1.82, 2.24) is 20.1 Å². The molecule has 0 atom stereocenters. The highest BCUT2D eigenvalue weighted by Crippen LogP contribution is 2.27. The number of piperazine rings is 1. The Bertz CT molecular complexity index is 1260. The number of hydrogen-bond acceptors (Lipinski definition) is 6. The van der Waals surface area contributed by atoms with E-state index in [4.69, 9.17) is 27.9 Å². The molecular weight excluding hydrogens is 533 g/mol. The van der Waals surface area contributed by atoms with Crippen LogP contribution >= 0.6 is 23.2 Å². The molecule has 0 saturated carbocycles. The van der Waals surface area contributed by atoms with Gasteiger partial charge >= 0.3 is 0 Å². The van der Waals surface area contributed by atoms with Gasteiger partial charge in [0.25, 0.3) is 5.91 Å². The van der Waals surface area contributed by atoms with Crippen LogP contribution in [0.3, 0.4) is 0 Å². The second-order valence-electron chi connectivity index (χ2n) is 10.2. The fourth-order valence-corrected chi connectivity index (χ4v) is 5.86. The van der Waals surface area contributed by atoms with Crippen molar-refractivity contribution in [1.29, 1.82) is 0 Å². The van der Waals surface area contributed by atoms with Gasteiger partial charge in [-0.05, 0) is 67.4 Å². The summed E-state index contributed by atoms with van der Waals surface area (Å²) in [4.78, 5) is 24.7. The Labute approximate surface area is 240 Å². The zero-order chi connectivity index (χ0) is 27.2. The van der Waals surface area contributed by atoms with Crippen molar-refractivity contribution in [2.24, 2.45) is 0 Å². The third-order valence-electron chi connectivity index (χ3n) is 7.68. The minimum Gasteiger partial charge on any atom is -0.497 e. The molecule has 3 aromatic rings. The molecule has 206 valence electrons. The second kappa shape index (κ2) is 13.0. The van der Waals surface area contributed by atoms with E-state index in [-0.39, 0.29) is 5.91 Å². The molecule has 0 spiro atoms. The van der Waals surface area contributed by atoms with Gasteiger partial charge in [0.15, 0.2) is 0 Å². The third-order valence-corrected chi connectivity index (χ3v) is 8.21. The van der Waals surface area contributed by atoms with E-state index in [1.165, 1.54) is 18.4 Å². The first-order valence-electron chi connectivity index (χ1n) is 13.5. The summed E-state index contributed by atoms with van der Waals surface area (Å²) < 4.78 is 5.25. The molecule has 2 aromatic carbocycles. The Morgan fingerprint density at radius 3 is 2.41 bits per heavy atom. The molecule has 5 rings (SSSR count). The van der Waals surface area contributed by atoms with Crippen molar-refractivity contribution < 1.29 is 9.53 Å². The van der Waals surface area contributed by atoms with E-state index in [2.05, 4.69) is 37.1 Å². The first-order chi connectivity index (χ1) is 19.0. The van der Waals surface area contributed by atoms with E-state index in [0.717, 1.165) is 68.0 Å². The van der Waals surface area contributed by atoms with E-state index in [9.17, 15) is 4.79 Å². The van der Waals surface area contributed by atoms with Gasteiger partial charge in [-0.3, -0.25) is 14.6 Å². The van der Waals surface area contributed by atoms with Crippen LogP contribution in [0.4, 0.5) is 5.82 Å². The van der Waals surface area contributed by atoms with Crippen molar-refractivity contribution in [3.05, 3.63) is 87.5 Å². The zero-order valence-electron chi connectivity index (χ0n) is 22.3. The largest absolute Gasteiger partial charge is 0.497 e. The molecule has 39 heavy (non-hydrogen) atoms. The number of piperidine rings is 1. The number of likely N-dealkylation sites (tertiary alicyclic amines) is 1. The lowest BCUT2D eigenvalue weighted by molar-refractivity contribution is 0.0950. The highest BCUT2D eigenvalue weighted by atomic mass is 35.5. The van der Waals surface area contributed by atoms with Crippen molar-refractivity contribution in [2.45, 2.75) is 32.0 Å². The normalized spacial score (nSPS) is 17.3. The molecule has 3 heterocycles. The van der Waals surface area contributed by atoms with Gasteiger partial charge in [-0.2, -0.15) is 0 Å². The number of pyridine rings is 1. The van der Waals surface area contributed by atoms with Crippen LogP contribution < -0.4 is 15.0 Å². The number of carbonyl (C=O) groups is 1. The summed E-state index contributed by atoms with van der Waals surface area (Å²) in [6.45, 7) is 7.34. The second-order valence-corrected chi connectivity index (χ2v) is 11.1. The summed E-state index contributed by atoms with van der Waals surface area (Å²) in [5, 5.41) is 4.23. The first-order valence-corrected chi connectivity index (χ1v) is 14.3. The highest BCUT2D eigenvalue weighted by Gasteiger charge is 2.28. The maximum absolute atomic E-state index is 12.7. The highest BCUT2D eigenvalue weighted by molar-refractivity contribution is 6.33. The van der Waals surface area contributed by atoms with Crippen LogP contribution in [0.2, 0.25) is 10.0 Å². The molecule has 0 unspecified atom stereocenters. The quantitative estimate of drug-likeness (QED) is 0.408. The first kappa shape index (κ1) is 27.7. The molecule has 0 bridgehead atoms. The molecule has 1 amide bonds. The maximum atomic E-state index is 12.7. The van der Waals surface area contributed by atoms with E-state index in [0.29, 0.717) is 23.2 Å². The van der Waals surface area contributed by atoms with Gasteiger partial charge < -0.3 is 15.0 Å². The number of hydrogen-bond donors (Lipinski definition) is 1. The number of aromatic nitrogens is 1. The fourth-order valence-electron chi connectivity index (χ4n) is 5.44. The molecule has 9 heteroatoms. The number of carbonyl (C=O) groups excluding carboxylic acids is 1. The molecule has 2 fully saturated rings. The van der Waals surface area contributed by atoms with Crippen LogP contribution in [0.15, 0.2) is 60.8 Å². The van der Waals surface area contributed by atoms with Crippen LogP contribution in [0.25, 0.3) is 0 Å². The Hall–Kier alpha value is -2.84. The lowest BCUT2D eigenvalue weighted by Gasteiger charge is -2.43. The average Bonchev–Trinajstić information content (AvgIpc) is 2.98. The average molecular weight is 569 g/mol. The Balaban J connectivity index is 1.08. The Kier molecular flexibility index (Phi) is 9.24. The monoisotopic (exact) mass is 567 g/mol. The Morgan fingerprint density at radius 1 is 0.974 bits per heavy atom. The van der Waals surface area contributed by atoms with Crippen LogP contribution in [0, 0.1) is 0 Å². The molecule has 7 nitrogen and oxygen atoms in total. The number of nitrogens with zero attached hydrogens (tertiary/aromatic N) is 4. The standard InChI is InChI=1S/C30H35Cl2N5O2/c1-39-27-4-2-3-23(17-27)19-34-30(38)24-18-28(32)29(33-20-24)37-15-13-36(14-16-37)26-9-11-35(12-10-26)21-22-5-7-25(31)8-6-22/h2-8,17-18,20,26H,9-16,19,21H2,1H3,(H,34,38). The summed E-state index contributed by atoms with van der Waals surface area (Å²) in [7, 11) is 1.63. The van der Waals surface area contributed by atoms with Gasteiger partial charge in [0.1, 0.15) is 11.6 Å². The number of rotatable bonds is 8. The summed E-state index contributed by atoms with van der Waals surface area (Å²) in [6, 6.07) is 18.1. The third kappa shape index (κ3) is 7.22. The molecule has 1 aromatic heterocycles. The Morgan fingerprint density at radius 2 is 1.72 bits per heavy atom. The van der Waals surface area contributed by atoms with E-state index >= 15 is 0 Å². The summed E-state index contributed by atoms with van der Waals surface area (Å²) in [6.07, 6.45) is 3.99. The summed E-state index contributed by atoms with van der Waals surface area (Å²) in [5.74, 6) is 1.31. The number of ether oxygens (including phenoxy) is 1. The number of benzene rings is 2. The summed E-state index contributed by atoms with van der Waals surface area (Å²) in [5.41, 5.74) is 2.73. The smallest absolute Gasteiger partial charge is 0.253 e. The predicted molar refractivity (Wildman–Crippen MR) is 157 cm³/mol. The number of nitrogens with one attached hydrogen (secondary N) is 1.